The van der Waals surface area contributed by atoms with Gasteiger partial charge in [0.05, 0.1) is 6.04 Å². The summed E-state index contributed by atoms with van der Waals surface area (Å²) in [5.41, 5.74) is 8.16. The summed E-state index contributed by atoms with van der Waals surface area (Å²) >= 11 is 2.00. The number of rotatable bonds is 16. The van der Waals surface area contributed by atoms with Crippen LogP contribution in [0.15, 0.2) is 20.9 Å². The maximum absolute atomic E-state index is 12.1. The van der Waals surface area contributed by atoms with Crippen LogP contribution < -0.4 is 11.2 Å². The number of hydrogen-bond donors (Lipinski definition) is 1. The molecule has 2 rings (SSSR count). The normalized spacial score (nSPS) is 19.6. The smallest absolute Gasteiger partial charge is 0.330 e. The van der Waals surface area contributed by atoms with Gasteiger partial charge < -0.3 is 9.47 Å². The summed E-state index contributed by atoms with van der Waals surface area (Å²) in [4.78, 5) is 40.9. The van der Waals surface area contributed by atoms with Crippen molar-refractivity contribution in [3.05, 3.63) is 43.0 Å². The van der Waals surface area contributed by atoms with E-state index in [0.29, 0.717) is 12.0 Å². The summed E-state index contributed by atoms with van der Waals surface area (Å²) in [6.45, 7) is 3.73. The van der Waals surface area contributed by atoms with Gasteiger partial charge in [0, 0.05) is 29.5 Å². The van der Waals surface area contributed by atoms with E-state index in [4.69, 9.17) is 15.0 Å². The molecule has 1 fully saturated rings. The highest BCUT2D eigenvalue weighted by atomic mass is 32.2. The number of hydrogen-bond acceptors (Lipinski definition) is 7. The highest BCUT2D eigenvalue weighted by molar-refractivity contribution is 7.99. The van der Waals surface area contributed by atoms with Gasteiger partial charge in [0.2, 0.25) is 0 Å². The number of H-pyrrole nitrogens is 1. The van der Waals surface area contributed by atoms with Gasteiger partial charge in [-0.2, -0.15) is 11.8 Å². The minimum atomic E-state index is -0.715. The van der Waals surface area contributed by atoms with E-state index < -0.39 is 29.6 Å². The summed E-state index contributed by atoms with van der Waals surface area (Å²) in [6, 6.07) is -0.581. The Labute approximate surface area is 204 Å². The van der Waals surface area contributed by atoms with Gasteiger partial charge >= 0.3 is 11.7 Å². The number of ether oxygens (including phenoxy) is 2. The van der Waals surface area contributed by atoms with Gasteiger partial charge in [0.1, 0.15) is 18.9 Å². The monoisotopic (exact) mass is 495 g/mol. The number of carbonyl (C=O) groups is 1. The first-order valence-electron chi connectivity index (χ1n) is 12.2. The molecule has 3 unspecified atom stereocenters. The van der Waals surface area contributed by atoms with Gasteiger partial charge in [0.15, 0.2) is 0 Å². The number of azide groups is 1. The van der Waals surface area contributed by atoms with Gasteiger partial charge in [-0.1, -0.05) is 50.6 Å². The molecule has 1 aromatic heterocycles. The molecule has 0 radical (unpaired) electrons. The van der Waals surface area contributed by atoms with Gasteiger partial charge in [-0.3, -0.25) is 19.1 Å². The Morgan fingerprint density at radius 3 is 2.59 bits per heavy atom. The average molecular weight is 496 g/mol. The van der Waals surface area contributed by atoms with Gasteiger partial charge in [-0.15, -0.1) is 0 Å². The minimum absolute atomic E-state index is 0.0492. The van der Waals surface area contributed by atoms with Gasteiger partial charge in [0.25, 0.3) is 5.56 Å². The number of aryl methyl sites for hydroxylation is 1. The van der Waals surface area contributed by atoms with E-state index in [2.05, 4.69) is 21.9 Å². The van der Waals surface area contributed by atoms with Crippen molar-refractivity contribution in [1.29, 1.82) is 0 Å². The number of thioether (sulfide) groups is 1. The van der Waals surface area contributed by atoms with Crippen molar-refractivity contribution < 1.29 is 14.3 Å². The SMILES string of the molecule is CCSCCCCCCCCCCC(=O)OCC1OC(n2cc(C)c(=O)[nH]c2=O)CC1N=[N+]=[N-]. The molecule has 0 spiro atoms. The number of aromatic amines is 1. The molecule has 2 heterocycles. The van der Waals surface area contributed by atoms with E-state index >= 15 is 0 Å². The van der Waals surface area contributed by atoms with Crippen molar-refractivity contribution >= 4 is 17.7 Å². The molecule has 190 valence electrons. The van der Waals surface area contributed by atoms with Crippen molar-refractivity contribution in [2.75, 3.05) is 18.1 Å². The lowest BCUT2D eigenvalue weighted by molar-refractivity contribution is -0.148. The molecule has 0 saturated carbocycles. The number of aromatic nitrogens is 2. The van der Waals surface area contributed by atoms with Gasteiger partial charge in [-0.25, -0.2) is 4.79 Å². The fraction of sp³-hybridized carbons (Fsp3) is 0.783. The van der Waals surface area contributed by atoms with E-state index in [9.17, 15) is 14.4 Å². The molecule has 0 bridgehead atoms. The molecule has 11 heteroatoms. The van der Waals surface area contributed by atoms with E-state index in [1.54, 1.807) is 6.92 Å². The maximum Gasteiger partial charge on any atom is 0.330 e. The van der Waals surface area contributed by atoms with Crippen LogP contribution in [0.5, 0.6) is 0 Å². The van der Waals surface area contributed by atoms with Crippen molar-refractivity contribution in [3.63, 3.8) is 0 Å². The Morgan fingerprint density at radius 1 is 1.24 bits per heavy atom. The van der Waals surface area contributed by atoms with E-state index in [0.717, 1.165) is 19.3 Å². The van der Waals surface area contributed by atoms with Crippen LogP contribution in [-0.2, 0) is 14.3 Å². The second kappa shape index (κ2) is 15.6. The van der Waals surface area contributed by atoms with E-state index in [1.807, 2.05) is 11.8 Å². The summed E-state index contributed by atoms with van der Waals surface area (Å²) in [6.07, 6.45) is 9.88. The summed E-state index contributed by atoms with van der Waals surface area (Å²) in [7, 11) is 0. The summed E-state index contributed by atoms with van der Waals surface area (Å²) in [5.74, 6) is 2.15. The largest absolute Gasteiger partial charge is 0.463 e. The van der Waals surface area contributed by atoms with Crippen molar-refractivity contribution in [3.8, 4) is 0 Å². The number of nitrogens with one attached hydrogen (secondary N) is 1. The second-order valence-corrected chi connectivity index (χ2v) is 9.97. The van der Waals surface area contributed by atoms with Crippen molar-refractivity contribution in [1.82, 2.24) is 9.55 Å². The van der Waals surface area contributed by atoms with E-state index in [-0.39, 0.29) is 19.0 Å². The average Bonchev–Trinajstić information content (AvgIpc) is 3.21. The topological polar surface area (TPSA) is 139 Å². The maximum atomic E-state index is 12.1. The molecule has 0 aromatic carbocycles. The van der Waals surface area contributed by atoms with Crippen LogP contribution >= 0.6 is 11.8 Å². The summed E-state index contributed by atoms with van der Waals surface area (Å²) in [5, 5.41) is 3.74. The Morgan fingerprint density at radius 2 is 1.91 bits per heavy atom. The molecular weight excluding hydrogens is 458 g/mol. The zero-order valence-corrected chi connectivity index (χ0v) is 21.1. The quantitative estimate of drug-likeness (QED) is 0.117. The Kier molecular flexibility index (Phi) is 12.9. The first-order valence-corrected chi connectivity index (χ1v) is 13.4. The number of nitrogens with zero attached hydrogens (tertiary/aromatic N) is 4. The zero-order chi connectivity index (χ0) is 24.8. The van der Waals surface area contributed by atoms with Crippen LogP contribution in [0, 0.1) is 6.92 Å². The van der Waals surface area contributed by atoms with Crippen LogP contribution in [0.1, 0.15) is 82.9 Å². The van der Waals surface area contributed by atoms with E-state index in [1.165, 1.54) is 54.4 Å². The first-order chi connectivity index (χ1) is 16.5. The molecule has 0 amide bonds. The minimum Gasteiger partial charge on any atom is -0.463 e. The van der Waals surface area contributed by atoms with Crippen molar-refractivity contribution in [2.45, 2.75) is 96.4 Å². The molecule has 1 N–H and O–H groups in total. The first kappa shape index (κ1) is 28.0. The number of carbonyl (C=O) groups excluding carboxylic acids is 1. The van der Waals surface area contributed by atoms with Crippen LogP contribution in [-0.4, -0.2) is 45.8 Å². The highest BCUT2D eigenvalue weighted by Crippen LogP contribution is 2.30. The van der Waals surface area contributed by atoms with Crippen LogP contribution in [0.2, 0.25) is 0 Å². The lowest BCUT2D eigenvalue weighted by Gasteiger charge is -2.17. The zero-order valence-electron chi connectivity index (χ0n) is 20.2. The van der Waals surface area contributed by atoms with Crippen LogP contribution in [0.25, 0.3) is 10.4 Å². The summed E-state index contributed by atoms with van der Waals surface area (Å²) < 4.78 is 12.5. The van der Waals surface area contributed by atoms with Gasteiger partial charge in [-0.05, 0) is 36.8 Å². The lowest BCUT2D eigenvalue weighted by Crippen LogP contribution is -2.33. The Hall–Kier alpha value is -2.23. The molecule has 10 nitrogen and oxygen atoms in total. The molecule has 1 saturated heterocycles. The lowest BCUT2D eigenvalue weighted by atomic mass is 10.1. The number of unbranched alkanes of at least 4 members (excludes halogenated alkanes) is 7. The third-order valence-electron chi connectivity index (χ3n) is 5.89. The second-order valence-electron chi connectivity index (χ2n) is 8.57. The third-order valence-corrected chi connectivity index (χ3v) is 6.88. The molecule has 34 heavy (non-hydrogen) atoms. The number of esters is 1. The molecule has 1 aromatic rings. The molecule has 1 aliphatic rings. The molecule has 1 aliphatic heterocycles. The van der Waals surface area contributed by atoms with Crippen molar-refractivity contribution in [2.24, 2.45) is 5.11 Å². The molecular formula is C23H37N5O5S. The van der Waals surface area contributed by atoms with Crippen LogP contribution in [0.4, 0.5) is 0 Å². The highest BCUT2D eigenvalue weighted by Gasteiger charge is 2.37. The molecule has 0 aliphatic carbocycles. The molecule has 3 atom stereocenters. The predicted octanol–water partition coefficient (Wildman–Crippen LogP) is 4.62. The Balaban J connectivity index is 1.67. The standard InChI is InChI=1S/C23H37N5O5S/c1-3-34-13-11-9-7-5-4-6-8-10-12-21(29)32-16-19-18(26-27-24)14-20(33-19)28-15-17(2)22(30)25-23(28)31/h15,18-20H,3-14,16H2,1-2H3,(H,25,30,31). The van der Waals surface area contributed by atoms with Crippen LogP contribution in [0.3, 0.4) is 0 Å². The fourth-order valence-electron chi connectivity index (χ4n) is 3.95. The Bertz CT molecular complexity index is 927. The fourth-order valence-corrected chi connectivity index (χ4v) is 4.65. The third kappa shape index (κ3) is 9.56. The predicted molar refractivity (Wildman–Crippen MR) is 133 cm³/mol.